The van der Waals surface area contributed by atoms with E-state index in [1.165, 1.54) is 0 Å². The Hall–Kier alpha value is -1.89. The number of hydrogen-bond donors (Lipinski definition) is 2. The van der Waals surface area contributed by atoms with E-state index in [0.29, 0.717) is 22.8 Å². The van der Waals surface area contributed by atoms with Crippen molar-refractivity contribution in [3.63, 3.8) is 0 Å². The average molecular weight is 266 g/mol. The summed E-state index contributed by atoms with van der Waals surface area (Å²) < 4.78 is 27.0. The second-order valence-electron chi connectivity index (χ2n) is 4.01. The first-order valence-corrected chi connectivity index (χ1v) is 6.86. The number of sulfonamides is 1. The summed E-state index contributed by atoms with van der Waals surface area (Å²) in [5.41, 5.74) is 2.06. The van der Waals surface area contributed by atoms with Crippen LogP contribution in [-0.4, -0.2) is 23.6 Å². The zero-order valence-electron chi connectivity index (χ0n) is 10.4. The molecule has 0 atom stereocenters. The van der Waals surface area contributed by atoms with Crippen molar-refractivity contribution in [2.45, 2.75) is 25.7 Å². The summed E-state index contributed by atoms with van der Waals surface area (Å²) in [5, 5.41) is 6.55. The molecular formula is C11H14N4O2S. The van der Waals surface area contributed by atoms with Crippen LogP contribution in [0.2, 0.25) is 0 Å². The first-order valence-electron chi connectivity index (χ1n) is 5.38. The quantitative estimate of drug-likeness (QED) is 0.881. The molecule has 6 nitrogen and oxygen atoms in total. The third-order valence-corrected chi connectivity index (χ3v) is 4.21. The van der Waals surface area contributed by atoms with Gasteiger partial charge in [0, 0.05) is 6.20 Å². The maximum Gasteiger partial charge on any atom is 0.265 e. The molecule has 0 aliphatic carbocycles. The standard InChI is InChI=1S/C11H14N4O2S/c1-7-10(5-4-6-12-7)15-18(16,17)11-8(2)13-14-9(11)3/h4-6,15H,1-3H3,(H,13,14). The minimum Gasteiger partial charge on any atom is -0.281 e. The molecule has 0 unspecified atom stereocenters. The normalized spacial score (nSPS) is 11.5. The van der Waals surface area contributed by atoms with E-state index in [1.807, 2.05) is 0 Å². The molecule has 2 aromatic heterocycles. The minimum atomic E-state index is -3.64. The molecule has 2 N–H and O–H groups in total. The molecular weight excluding hydrogens is 252 g/mol. The van der Waals surface area contributed by atoms with Crippen LogP contribution in [-0.2, 0) is 10.0 Å². The largest absolute Gasteiger partial charge is 0.281 e. The zero-order valence-corrected chi connectivity index (χ0v) is 11.2. The summed E-state index contributed by atoms with van der Waals surface area (Å²) in [7, 11) is -3.64. The van der Waals surface area contributed by atoms with Gasteiger partial charge in [0.25, 0.3) is 10.0 Å². The molecule has 2 aromatic rings. The summed E-state index contributed by atoms with van der Waals surface area (Å²) in [6.45, 7) is 5.06. The number of aromatic nitrogens is 3. The van der Waals surface area contributed by atoms with Crippen molar-refractivity contribution in [2.24, 2.45) is 0 Å². The van der Waals surface area contributed by atoms with Crippen LogP contribution in [0.15, 0.2) is 23.2 Å². The van der Waals surface area contributed by atoms with Crippen LogP contribution in [0.5, 0.6) is 0 Å². The van der Waals surface area contributed by atoms with Crippen molar-refractivity contribution in [1.29, 1.82) is 0 Å². The van der Waals surface area contributed by atoms with Crippen molar-refractivity contribution < 1.29 is 8.42 Å². The molecule has 7 heteroatoms. The van der Waals surface area contributed by atoms with E-state index < -0.39 is 10.0 Å². The number of anilines is 1. The van der Waals surface area contributed by atoms with Gasteiger partial charge in [-0.1, -0.05) is 0 Å². The van der Waals surface area contributed by atoms with Gasteiger partial charge in [-0.2, -0.15) is 5.10 Å². The van der Waals surface area contributed by atoms with E-state index in [-0.39, 0.29) is 4.90 Å². The first kappa shape index (κ1) is 12.6. The third kappa shape index (κ3) is 2.21. The number of aromatic amines is 1. The van der Waals surface area contributed by atoms with Crippen molar-refractivity contribution >= 4 is 15.7 Å². The van der Waals surface area contributed by atoms with Gasteiger partial charge in [-0.25, -0.2) is 8.42 Å². The Bertz CT molecular complexity index is 657. The van der Waals surface area contributed by atoms with Gasteiger partial charge in [0.15, 0.2) is 0 Å². The Kier molecular flexibility index (Phi) is 3.08. The predicted octanol–water partition coefficient (Wildman–Crippen LogP) is 1.53. The maximum atomic E-state index is 12.3. The van der Waals surface area contributed by atoms with Crippen LogP contribution in [0.3, 0.4) is 0 Å². The summed E-state index contributed by atoms with van der Waals surface area (Å²) >= 11 is 0. The van der Waals surface area contributed by atoms with E-state index in [4.69, 9.17) is 0 Å². The Morgan fingerprint density at radius 2 is 1.94 bits per heavy atom. The van der Waals surface area contributed by atoms with Crippen LogP contribution in [0.1, 0.15) is 17.1 Å². The highest BCUT2D eigenvalue weighted by Gasteiger charge is 2.22. The lowest BCUT2D eigenvalue weighted by atomic mass is 10.3. The average Bonchev–Trinajstić information content (AvgIpc) is 2.62. The lowest BCUT2D eigenvalue weighted by Crippen LogP contribution is -2.15. The molecule has 0 saturated heterocycles. The van der Waals surface area contributed by atoms with Crippen LogP contribution in [0.25, 0.3) is 0 Å². The minimum absolute atomic E-state index is 0.186. The molecule has 0 fully saturated rings. The van der Waals surface area contributed by atoms with Crippen molar-refractivity contribution in [1.82, 2.24) is 15.2 Å². The SMILES string of the molecule is Cc1ncccc1NS(=O)(=O)c1c(C)n[nH]c1C. The molecule has 0 aromatic carbocycles. The lowest BCUT2D eigenvalue weighted by Gasteiger charge is -2.09. The highest BCUT2D eigenvalue weighted by Crippen LogP contribution is 2.21. The molecule has 96 valence electrons. The fourth-order valence-electron chi connectivity index (χ4n) is 1.72. The zero-order chi connectivity index (χ0) is 13.3. The molecule has 18 heavy (non-hydrogen) atoms. The monoisotopic (exact) mass is 266 g/mol. The molecule has 2 heterocycles. The van der Waals surface area contributed by atoms with Crippen molar-refractivity contribution in [2.75, 3.05) is 4.72 Å². The summed E-state index contributed by atoms with van der Waals surface area (Å²) in [6.07, 6.45) is 1.61. The molecule has 0 amide bonds. The third-order valence-electron chi connectivity index (χ3n) is 2.58. The van der Waals surface area contributed by atoms with Gasteiger partial charge in [0.2, 0.25) is 0 Å². The smallest absolute Gasteiger partial charge is 0.265 e. The predicted molar refractivity (Wildman–Crippen MR) is 67.8 cm³/mol. The summed E-state index contributed by atoms with van der Waals surface area (Å²) in [6, 6.07) is 3.35. The van der Waals surface area contributed by atoms with Crippen LogP contribution in [0.4, 0.5) is 5.69 Å². The lowest BCUT2D eigenvalue weighted by molar-refractivity contribution is 0.600. The first-order chi connectivity index (χ1) is 8.42. The van der Waals surface area contributed by atoms with Gasteiger partial charge in [-0.3, -0.25) is 14.8 Å². The highest BCUT2D eigenvalue weighted by atomic mass is 32.2. The molecule has 0 radical (unpaired) electrons. The number of aryl methyl sites for hydroxylation is 3. The molecule has 0 bridgehead atoms. The fourth-order valence-corrected chi connectivity index (χ4v) is 3.22. The van der Waals surface area contributed by atoms with Crippen molar-refractivity contribution in [3.05, 3.63) is 35.4 Å². The molecule has 0 aliphatic heterocycles. The van der Waals surface area contributed by atoms with Gasteiger partial charge in [-0.15, -0.1) is 0 Å². The number of hydrogen-bond acceptors (Lipinski definition) is 4. The number of nitrogens with zero attached hydrogens (tertiary/aromatic N) is 2. The topological polar surface area (TPSA) is 87.7 Å². The Balaban J connectivity index is 2.43. The number of nitrogens with one attached hydrogen (secondary N) is 2. The second-order valence-corrected chi connectivity index (χ2v) is 5.62. The molecule has 0 aliphatic rings. The van der Waals surface area contributed by atoms with Gasteiger partial charge in [0.05, 0.1) is 22.8 Å². The summed E-state index contributed by atoms with van der Waals surface area (Å²) in [5.74, 6) is 0. The fraction of sp³-hybridized carbons (Fsp3) is 0.273. The second kappa shape index (κ2) is 4.41. The van der Waals surface area contributed by atoms with Crippen LogP contribution < -0.4 is 4.72 Å². The van der Waals surface area contributed by atoms with Gasteiger partial charge in [-0.05, 0) is 32.9 Å². The van der Waals surface area contributed by atoms with Crippen LogP contribution >= 0.6 is 0 Å². The van der Waals surface area contributed by atoms with E-state index >= 15 is 0 Å². The Morgan fingerprint density at radius 1 is 1.22 bits per heavy atom. The van der Waals surface area contributed by atoms with E-state index in [1.54, 1.807) is 39.1 Å². The number of pyridine rings is 1. The molecule has 2 rings (SSSR count). The Labute approximate surface area is 106 Å². The highest BCUT2D eigenvalue weighted by molar-refractivity contribution is 7.92. The number of H-pyrrole nitrogens is 1. The van der Waals surface area contributed by atoms with Gasteiger partial charge in [0.1, 0.15) is 4.90 Å². The maximum absolute atomic E-state index is 12.3. The van der Waals surface area contributed by atoms with E-state index in [2.05, 4.69) is 19.9 Å². The molecule has 0 saturated carbocycles. The van der Waals surface area contributed by atoms with Crippen molar-refractivity contribution in [3.8, 4) is 0 Å². The van der Waals surface area contributed by atoms with Gasteiger partial charge < -0.3 is 0 Å². The molecule has 0 spiro atoms. The van der Waals surface area contributed by atoms with Gasteiger partial charge >= 0.3 is 0 Å². The van der Waals surface area contributed by atoms with E-state index in [0.717, 1.165) is 0 Å². The van der Waals surface area contributed by atoms with E-state index in [9.17, 15) is 8.42 Å². The Morgan fingerprint density at radius 3 is 2.50 bits per heavy atom. The van der Waals surface area contributed by atoms with Crippen LogP contribution in [0, 0.1) is 20.8 Å². The number of rotatable bonds is 3. The summed E-state index contributed by atoms with van der Waals surface area (Å²) in [4.78, 5) is 4.22.